The second-order valence-electron chi connectivity index (χ2n) is 14.0. The first kappa shape index (κ1) is 32.5. The Morgan fingerprint density at radius 2 is 1.24 bits per heavy atom. The molecule has 0 aromatic heterocycles. The number of esters is 1. The van der Waals surface area contributed by atoms with E-state index < -0.39 is 29.4 Å². The fraction of sp³-hybridized carbons (Fsp3) is 0.649. The molecule has 1 saturated heterocycles. The molecule has 2 aromatic rings. The Kier molecular flexibility index (Phi) is 10.2. The van der Waals surface area contributed by atoms with Crippen LogP contribution < -0.4 is 0 Å². The van der Waals surface area contributed by atoms with Crippen molar-refractivity contribution in [3.63, 3.8) is 0 Å². The molecule has 1 heterocycles. The van der Waals surface area contributed by atoms with Crippen molar-refractivity contribution in [1.82, 2.24) is 0 Å². The predicted octanol–water partition coefficient (Wildman–Crippen LogP) is 9.50. The van der Waals surface area contributed by atoms with Crippen molar-refractivity contribution >= 4 is 5.97 Å². The molecule has 3 aliphatic carbocycles. The van der Waals surface area contributed by atoms with Crippen LogP contribution in [-0.4, -0.2) is 23.8 Å². The zero-order valence-corrected chi connectivity index (χ0v) is 26.2. The summed E-state index contributed by atoms with van der Waals surface area (Å²) in [4.78, 5) is 13.1. The van der Waals surface area contributed by atoms with Gasteiger partial charge in [0, 0.05) is 11.1 Å². The number of hydrogen-bond acceptors (Lipinski definition) is 4. The van der Waals surface area contributed by atoms with Crippen molar-refractivity contribution < 1.29 is 36.9 Å². The molecule has 0 bridgehead atoms. The summed E-state index contributed by atoms with van der Waals surface area (Å²) in [6.45, 7) is 2.34. The van der Waals surface area contributed by atoms with E-state index >= 15 is 0 Å². The molecule has 0 spiro atoms. The van der Waals surface area contributed by atoms with E-state index in [2.05, 4.69) is 0 Å². The lowest BCUT2D eigenvalue weighted by atomic mass is 9.68. The minimum absolute atomic E-state index is 0.0145. The van der Waals surface area contributed by atoms with Gasteiger partial charge in [0.05, 0.1) is 18.6 Å². The first-order valence-electron chi connectivity index (χ1n) is 17.2. The highest BCUT2D eigenvalue weighted by molar-refractivity contribution is 5.72. The molecule has 4 aliphatic rings. The highest BCUT2D eigenvalue weighted by atomic mass is 19.2. The fourth-order valence-electron chi connectivity index (χ4n) is 8.43. The van der Waals surface area contributed by atoms with Crippen molar-refractivity contribution in [2.24, 2.45) is 17.8 Å². The van der Waals surface area contributed by atoms with Gasteiger partial charge < -0.3 is 14.6 Å². The Labute approximate surface area is 263 Å². The van der Waals surface area contributed by atoms with Crippen LogP contribution in [0.5, 0.6) is 0 Å². The summed E-state index contributed by atoms with van der Waals surface area (Å²) in [5.41, 5.74) is 1.18. The molecule has 1 N–H and O–H groups in total. The average molecular weight is 631 g/mol. The van der Waals surface area contributed by atoms with E-state index in [0.717, 1.165) is 51.4 Å². The first-order chi connectivity index (χ1) is 21.7. The van der Waals surface area contributed by atoms with Crippen molar-refractivity contribution in [2.75, 3.05) is 6.61 Å². The normalized spacial score (nSPS) is 30.9. The van der Waals surface area contributed by atoms with E-state index in [0.29, 0.717) is 73.7 Å². The summed E-state index contributed by atoms with van der Waals surface area (Å²) in [6.07, 6.45) is 9.32. The summed E-state index contributed by atoms with van der Waals surface area (Å²) >= 11 is 0. The van der Waals surface area contributed by atoms with Crippen molar-refractivity contribution in [3.8, 4) is 0 Å². The second kappa shape index (κ2) is 14.1. The third kappa shape index (κ3) is 7.12. The van der Waals surface area contributed by atoms with Gasteiger partial charge in [-0.2, -0.15) is 0 Å². The number of rotatable bonds is 9. The number of halogens is 4. The van der Waals surface area contributed by atoms with E-state index in [1.54, 1.807) is 18.2 Å². The van der Waals surface area contributed by atoms with Crippen LogP contribution in [-0.2, 0) is 14.3 Å². The number of carbonyl (C=O) groups is 1. The quantitative estimate of drug-likeness (QED) is 0.170. The zero-order valence-electron chi connectivity index (χ0n) is 26.2. The summed E-state index contributed by atoms with van der Waals surface area (Å²) in [7, 11) is 0. The van der Waals surface area contributed by atoms with E-state index in [1.165, 1.54) is 6.07 Å². The van der Waals surface area contributed by atoms with Gasteiger partial charge in [-0.3, -0.25) is 4.79 Å². The van der Waals surface area contributed by atoms with Crippen molar-refractivity contribution in [3.05, 3.63) is 69.8 Å². The Morgan fingerprint density at radius 3 is 1.82 bits per heavy atom. The lowest BCUT2D eigenvalue weighted by molar-refractivity contribution is -0.157. The number of benzene rings is 2. The van der Waals surface area contributed by atoms with Crippen LogP contribution in [0.1, 0.15) is 143 Å². The fourth-order valence-corrected chi connectivity index (χ4v) is 8.43. The Morgan fingerprint density at radius 1 is 0.756 bits per heavy atom. The average Bonchev–Trinajstić information content (AvgIpc) is 3.90. The third-order valence-corrected chi connectivity index (χ3v) is 11.3. The van der Waals surface area contributed by atoms with Crippen molar-refractivity contribution in [2.45, 2.75) is 127 Å². The molecule has 8 heteroatoms. The smallest absolute Gasteiger partial charge is 0.309 e. The molecular weight excluding hydrogens is 584 g/mol. The van der Waals surface area contributed by atoms with Crippen LogP contribution in [0.2, 0.25) is 0 Å². The van der Waals surface area contributed by atoms with Gasteiger partial charge in [-0.1, -0.05) is 37.6 Å². The van der Waals surface area contributed by atoms with Gasteiger partial charge >= 0.3 is 5.97 Å². The molecule has 1 aliphatic heterocycles. The second-order valence-corrected chi connectivity index (χ2v) is 14.0. The molecular formula is C37H46F4O4. The molecule has 3 saturated carbocycles. The molecule has 4 nitrogen and oxygen atoms in total. The number of hydrogen-bond donors (Lipinski definition) is 1. The lowest BCUT2D eigenvalue weighted by Crippen LogP contribution is -2.32. The molecule has 2 atom stereocenters. The number of ether oxygens (including phenoxy) is 2. The predicted molar refractivity (Wildman–Crippen MR) is 163 cm³/mol. The van der Waals surface area contributed by atoms with Gasteiger partial charge in [-0.05, 0) is 118 Å². The monoisotopic (exact) mass is 630 g/mol. The minimum atomic E-state index is -1.01. The maximum atomic E-state index is 14.9. The molecule has 2 aromatic carbocycles. The third-order valence-electron chi connectivity index (χ3n) is 11.3. The standard InChI is InChI=1S/C37H46F4O4/c1-2-3-31(42)29-18-16-27(33(38)35(29)40)24-12-14-26(15-13-24)45-37(43)25-10-6-22(7-11-25)21-4-8-23(9-5-21)28-17-19-30(32-20-44-32)36(41)34(28)39/h16-19,21-26,31-32,42H,2-15,20H2,1H3. The Hall–Kier alpha value is -2.45. The summed E-state index contributed by atoms with van der Waals surface area (Å²) < 4.78 is 70.1. The molecule has 0 radical (unpaired) electrons. The van der Waals surface area contributed by atoms with E-state index in [9.17, 15) is 27.5 Å². The molecule has 0 amide bonds. The van der Waals surface area contributed by atoms with Crippen molar-refractivity contribution in [1.29, 1.82) is 0 Å². The van der Waals surface area contributed by atoms with E-state index in [1.807, 2.05) is 6.92 Å². The van der Waals surface area contributed by atoms with Gasteiger partial charge in [0.15, 0.2) is 23.3 Å². The Balaban J connectivity index is 0.932. The van der Waals surface area contributed by atoms with E-state index in [4.69, 9.17) is 9.47 Å². The molecule has 45 heavy (non-hydrogen) atoms. The first-order valence-corrected chi connectivity index (χ1v) is 17.2. The highest BCUT2D eigenvalue weighted by Crippen LogP contribution is 2.46. The lowest BCUT2D eigenvalue weighted by Gasteiger charge is -2.38. The number of epoxide rings is 1. The minimum Gasteiger partial charge on any atom is -0.462 e. The van der Waals surface area contributed by atoms with Gasteiger partial charge in [0.1, 0.15) is 12.2 Å². The van der Waals surface area contributed by atoms with Gasteiger partial charge in [-0.15, -0.1) is 0 Å². The van der Waals surface area contributed by atoms with E-state index in [-0.39, 0.29) is 41.5 Å². The van der Waals surface area contributed by atoms with Crippen LogP contribution in [0.15, 0.2) is 24.3 Å². The zero-order chi connectivity index (χ0) is 31.7. The number of aliphatic hydroxyl groups excluding tert-OH is 1. The van der Waals surface area contributed by atoms with Gasteiger partial charge in [0.2, 0.25) is 0 Å². The topological polar surface area (TPSA) is 59.1 Å². The van der Waals surface area contributed by atoms with Crippen LogP contribution in [0, 0.1) is 41.0 Å². The summed E-state index contributed by atoms with van der Waals surface area (Å²) in [5.74, 6) is -2.52. The molecule has 2 unspecified atom stereocenters. The van der Waals surface area contributed by atoms with Gasteiger partial charge in [0.25, 0.3) is 0 Å². The summed E-state index contributed by atoms with van der Waals surface area (Å²) in [5, 5.41) is 10.1. The number of carbonyl (C=O) groups excluding carboxylic acids is 1. The highest BCUT2D eigenvalue weighted by Gasteiger charge is 2.37. The molecule has 4 fully saturated rings. The van der Waals surface area contributed by atoms with Crippen LogP contribution in [0.25, 0.3) is 0 Å². The maximum Gasteiger partial charge on any atom is 0.309 e. The largest absolute Gasteiger partial charge is 0.462 e. The number of aliphatic hydroxyl groups is 1. The van der Waals surface area contributed by atoms with Gasteiger partial charge in [-0.25, -0.2) is 17.6 Å². The molecule has 246 valence electrons. The maximum absolute atomic E-state index is 14.9. The molecule has 6 rings (SSSR count). The Bertz CT molecular complexity index is 1340. The van der Waals surface area contributed by atoms with Crippen LogP contribution in [0.3, 0.4) is 0 Å². The van der Waals surface area contributed by atoms with Crippen LogP contribution in [0.4, 0.5) is 17.6 Å². The summed E-state index contributed by atoms with van der Waals surface area (Å²) in [6, 6.07) is 6.55. The SMILES string of the molecule is CCCC(O)c1ccc(C2CCC(OC(=O)C3CCC(C4CCC(c5ccc(C6CO6)c(F)c5F)CC4)CC3)CC2)c(F)c1F. The van der Waals surface area contributed by atoms with Crippen LogP contribution >= 0.6 is 0 Å².